The highest BCUT2D eigenvalue weighted by Crippen LogP contribution is 2.28. The Morgan fingerprint density at radius 2 is 1.83 bits per heavy atom. The molecule has 0 aliphatic carbocycles. The summed E-state index contributed by atoms with van der Waals surface area (Å²) < 4.78 is 15.0. The molecule has 0 radical (unpaired) electrons. The van der Waals surface area contributed by atoms with Gasteiger partial charge >= 0.3 is 5.69 Å². The van der Waals surface area contributed by atoms with E-state index >= 15 is 0 Å². The molecule has 0 aliphatic heterocycles. The first-order valence-corrected chi connectivity index (χ1v) is 14.0. The zero-order chi connectivity index (χ0) is 28.9. The zero-order valence-corrected chi connectivity index (χ0v) is 23.4. The van der Waals surface area contributed by atoms with E-state index in [1.54, 1.807) is 41.9 Å². The van der Waals surface area contributed by atoms with E-state index < -0.39 is 17.2 Å². The van der Waals surface area contributed by atoms with Crippen molar-refractivity contribution in [3.8, 4) is 0 Å². The van der Waals surface area contributed by atoms with Crippen LogP contribution in [0.4, 0.5) is 4.39 Å². The number of thioether (sulfide) groups is 1. The van der Waals surface area contributed by atoms with Gasteiger partial charge in [-0.25, -0.2) is 14.2 Å². The van der Waals surface area contributed by atoms with Crippen LogP contribution in [-0.4, -0.2) is 37.4 Å². The number of halogens is 1. The lowest BCUT2D eigenvalue weighted by atomic mass is 9.91. The monoisotopic (exact) mass is 569 g/mol. The molecule has 1 N–H and O–H groups in total. The van der Waals surface area contributed by atoms with Crippen LogP contribution in [0.2, 0.25) is 0 Å². The van der Waals surface area contributed by atoms with Gasteiger partial charge < -0.3 is 14.5 Å². The van der Waals surface area contributed by atoms with Gasteiger partial charge in [0.2, 0.25) is 5.91 Å². The van der Waals surface area contributed by atoms with Crippen molar-refractivity contribution < 1.29 is 9.18 Å². The van der Waals surface area contributed by atoms with E-state index in [0.717, 1.165) is 21.9 Å². The Morgan fingerprint density at radius 3 is 2.59 bits per heavy atom. The highest BCUT2D eigenvalue weighted by atomic mass is 32.2. The van der Waals surface area contributed by atoms with E-state index in [9.17, 15) is 18.8 Å². The molecule has 1 amide bonds. The van der Waals surface area contributed by atoms with Crippen LogP contribution in [0.3, 0.4) is 0 Å². The van der Waals surface area contributed by atoms with Crippen molar-refractivity contribution in [3.05, 3.63) is 134 Å². The standard InChI is InChI=1S/C31H28FN5O3S/c1-36(17-22-8-5-7-21-6-3-4-9-25(21)22)28(38)14-26(23-15-33-30(40)34-16-23)27-18-37(2)31(35-29(27)39)41-19-20-10-12-24(32)13-11-20/h3-13,15-16,18,26H,14,17,19H2,1-2H3,(H,33,34,40). The van der Waals surface area contributed by atoms with E-state index in [2.05, 4.69) is 15.0 Å². The van der Waals surface area contributed by atoms with Crippen LogP contribution in [0.5, 0.6) is 0 Å². The van der Waals surface area contributed by atoms with Crippen molar-refractivity contribution in [3.63, 3.8) is 0 Å². The number of fused-ring (bicyclic) bond motifs is 1. The van der Waals surface area contributed by atoms with Gasteiger partial charge in [-0.3, -0.25) is 9.59 Å². The second kappa shape index (κ2) is 12.3. The fraction of sp³-hybridized carbons (Fsp3) is 0.194. The summed E-state index contributed by atoms with van der Waals surface area (Å²) in [6.45, 7) is 0.395. The molecule has 3 aromatic carbocycles. The van der Waals surface area contributed by atoms with Gasteiger partial charge in [0.05, 0.1) is 0 Å². The number of nitrogens with zero attached hydrogens (tertiary/aromatic N) is 4. The highest BCUT2D eigenvalue weighted by molar-refractivity contribution is 7.98. The van der Waals surface area contributed by atoms with Gasteiger partial charge in [0.15, 0.2) is 5.16 Å². The van der Waals surface area contributed by atoms with Crippen LogP contribution < -0.4 is 11.2 Å². The number of carbonyl (C=O) groups excluding carboxylic acids is 1. The third kappa shape index (κ3) is 6.60. The van der Waals surface area contributed by atoms with Crippen molar-refractivity contribution in [2.45, 2.75) is 29.8 Å². The van der Waals surface area contributed by atoms with Crippen LogP contribution in [0.1, 0.15) is 34.6 Å². The molecular formula is C31H28FN5O3S. The topological polar surface area (TPSA) is 101 Å². The molecule has 2 heterocycles. The molecule has 2 aromatic heterocycles. The lowest BCUT2D eigenvalue weighted by Crippen LogP contribution is -2.30. The first kappa shape index (κ1) is 28.0. The molecule has 0 fully saturated rings. The summed E-state index contributed by atoms with van der Waals surface area (Å²) in [5, 5.41) is 2.65. The number of H-pyrrole nitrogens is 1. The van der Waals surface area contributed by atoms with Crippen molar-refractivity contribution in [2.75, 3.05) is 7.05 Å². The number of hydrogen-bond acceptors (Lipinski definition) is 6. The van der Waals surface area contributed by atoms with Crippen molar-refractivity contribution in [1.29, 1.82) is 0 Å². The predicted molar refractivity (Wildman–Crippen MR) is 157 cm³/mol. The number of rotatable bonds is 9. The molecule has 1 atom stereocenters. The molecule has 5 aromatic rings. The lowest BCUT2D eigenvalue weighted by Gasteiger charge is -2.23. The first-order chi connectivity index (χ1) is 19.8. The molecule has 1 unspecified atom stereocenters. The van der Waals surface area contributed by atoms with Crippen LogP contribution in [-0.2, 0) is 24.1 Å². The van der Waals surface area contributed by atoms with Crippen molar-refractivity contribution in [2.24, 2.45) is 7.05 Å². The SMILES string of the molecule is CN(Cc1cccc2ccccc12)C(=O)CC(c1cnc(=O)[nH]c1)c1cn(C)c(SCc2ccc(F)cc2)nc1=O. The average Bonchev–Trinajstić information content (AvgIpc) is 2.97. The molecule has 10 heteroatoms. The minimum absolute atomic E-state index is 0.0199. The molecule has 0 aliphatic rings. The number of aryl methyl sites for hydroxylation is 1. The van der Waals surface area contributed by atoms with Gasteiger partial charge in [0, 0.05) is 62.9 Å². The number of benzene rings is 3. The fourth-order valence-electron chi connectivity index (χ4n) is 4.71. The van der Waals surface area contributed by atoms with Crippen LogP contribution >= 0.6 is 11.8 Å². The van der Waals surface area contributed by atoms with E-state index in [1.807, 2.05) is 42.5 Å². The maximum absolute atomic E-state index is 13.5. The minimum Gasteiger partial charge on any atom is -0.341 e. The first-order valence-electron chi connectivity index (χ1n) is 13.0. The predicted octanol–water partition coefficient (Wildman–Crippen LogP) is 4.63. The molecule has 41 heavy (non-hydrogen) atoms. The van der Waals surface area contributed by atoms with E-state index in [1.165, 1.54) is 36.3 Å². The third-order valence-corrected chi connectivity index (χ3v) is 8.04. The quantitative estimate of drug-likeness (QED) is 0.205. The summed E-state index contributed by atoms with van der Waals surface area (Å²) in [4.78, 5) is 50.8. The number of aromatic nitrogens is 4. The van der Waals surface area contributed by atoms with E-state index in [0.29, 0.717) is 28.6 Å². The number of hydrogen-bond donors (Lipinski definition) is 1. The Morgan fingerprint density at radius 1 is 1.07 bits per heavy atom. The Bertz CT molecular complexity index is 1790. The number of carbonyl (C=O) groups is 1. The van der Waals surface area contributed by atoms with Crippen molar-refractivity contribution >= 4 is 28.4 Å². The molecular weight excluding hydrogens is 541 g/mol. The summed E-state index contributed by atoms with van der Waals surface area (Å²) in [6.07, 6.45) is 4.52. The second-order valence-electron chi connectivity index (χ2n) is 9.81. The summed E-state index contributed by atoms with van der Waals surface area (Å²) in [6, 6.07) is 20.2. The fourth-order valence-corrected chi connectivity index (χ4v) is 5.60. The minimum atomic E-state index is -0.677. The smallest absolute Gasteiger partial charge is 0.341 e. The molecule has 0 saturated heterocycles. The third-order valence-electron chi connectivity index (χ3n) is 6.92. The average molecular weight is 570 g/mol. The van der Waals surface area contributed by atoms with Gasteiger partial charge in [-0.05, 0) is 39.6 Å². The van der Waals surface area contributed by atoms with Gasteiger partial charge in [-0.15, -0.1) is 0 Å². The van der Waals surface area contributed by atoms with Crippen LogP contribution in [0.25, 0.3) is 10.8 Å². The Balaban J connectivity index is 1.40. The molecule has 208 valence electrons. The van der Waals surface area contributed by atoms with E-state index in [4.69, 9.17) is 0 Å². The Kier molecular flexibility index (Phi) is 8.39. The number of aromatic amines is 1. The maximum Gasteiger partial charge on any atom is 0.344 e. The Labute approximate surface area is 239 Å². The largest absolute Gasteiger partial charge is 0.344 e. The normalized spacial score (nSPS) is 11.9. The summed E-state index contributed by atoms with van der Waals surface area (Å²) in [5.74, 6) is -0.659. The Hall–Kier alpha value is -4.57. The van der Waals surface area contributed by atoms with Crippen molar-refractivity contribution in [1.82, 2.24) is 24.4 Å². The molecule has 0 bridgehead atoms. The van der Waals surface area contributed by atoms with Gasteiger partial charge in [0.1, 0.15) is 5.82 Å². The summed E-state index contributed by atoms with van der Waals surface area (Å²) >= 11 is 1.35. The molecule has 5 rings (SSSR count). The highest BCUT2D eigenvalue weighted by Gasteiger charge is 2.25. The maximum atomic E-state index is 13.5. The van der Waals surface area contributed by atoms with Gasteiger partial charge in [0.25, 0.3) is 5.56 Å². The van der Waals surface area contributed by atoms with E-state index in [-0.39, 0.29) is 18.1 Å². The molecule has 0 saturated carbocycles. The van der Waals surface area contributed by atoms with Crippen LogP contribution in [0, 0.1) is 5.82 Å². The zero-order valence-electron chi connectivity index (χ0n) is 22.6. The second-order valence-corrected chi connectivity index (χ2v) is 10.7. The summed E-state index contributed by atoms with van der Waals surface area (Å²) in [7, 11) is 3.51. The summed E-state index contributed by atoms with van der Waals surface area (Å²) in [5.41, 5.74) is 1.77. The van der Waals surface area contributed by atoms with Gasteiger partial charge in [-0.1, -0.05) is 66.4 Å². The van der Waals surface area contributed by atoms with Crippen LogP contribution in [0.15, 0.2) is 100 Å². The lowest BCUT2D eigenvalue weighted by molar-refractivity contribution is -0.130. The number of nitrogens with one attached hydrogen (secondary N) is 1. The van der Waals surface area contributed by atoms with Gasteiger partial charge in [-0.2, -0.15) is 4.98 Å². The number of amides is 1. The molecule has 0 spiro atoms. The molecule has 8 nitrogen and oxygen atoms in total.